The van der Waals surface area contributed by atoms with E-state index in [-0.39, 0.29) is 14.4 Å². The molecule has 4 nitrogen and oxygen atoms in total. The van der Waals surface area contributed by atoms with Gasteiger partial charge in [0.25, 0.3) is 0 Å². The second-order valence-electron chi connectivity index (χ2n) is 2.97. The van der Waals surface area contributed by atoms with Crippen molar-refractivity contribution in [2.45, 2.75) is 12.3 Å². The Morgan fingerprint density at radius 1 is 1.47 bits per heavy atom. The van der Waals surface area contributed by atoms with Gasteiger partial charge in [-0.25, -0.2) is 4.79 Å². The Hall–Kier alpha value is -0.920. The largest absolute Gasteiger partial charge is 0.477 e. The van der Waals surface area contributed by atoms with E-state index in [0.717, 1.165) is 11.3 Å². The van der Waals surface area contributed by atoms with Crippen LogP contribution in [-0.2, 0) is 9.59 Å². The first kappa shape index (κ1) is 14.1. The van der Waals surface area contributed by atoms with Crippen LogP contribution in [0.3, 0.4) is 0 Å². The zero-order chi connectivity index (χ0) is 13.2. The smallest absolute Gasteiger partial charge is 0.375 e. The molecule has 0 saturated carbocycles. The van der Waals surface area contributed by atoms with Crippen LogP contribution in [0, 0.1) is 0 Å². The molecule has 1 amide bonds. The summed E-state index contributed by atoms with van der Waals surface area (Å²) in [4.78, 5) is 21.2. The molecule has 0 aliphatic heterocycles. The van der Waals surface area contributed by atoms with Crippen molar-refractivity contribution in [1.29, 1.82) is 0 Å². The summed E-state index contributed by atoms with van der Waals surface area (Å²) in [6.07, 6.45) is -1.47. The van der Waals surface area contributed by atoms with E-state index < -0.39 is 24.2 Å². The highest BCUT2D eigenvalue weighted by Gasteiger charge is 2.41. The molecule has 0 unspecified atom stereocenters. The monoisotopic (exact) mass is 303 g/mol. The molecule has 0 radical (unpaired) electrons. The number of carboxylic acid groups (broad SMARTS) is 1. The van der Waals surface area contributed by atoms with Crippen LogP contribution >= 0.6 is 34.5 Å². The number of carbonyl (C=O) groups excluding carboxylic acids is 1. The first-order chi connectivity index (χ1) is 7.72. The quantitative estimate of drug-likeness (QED) is 0.898. The van der Waals surface area contributed by atoms with Gasteiger partial charge in [0.1, 0.15) is 10.8 Å². The number of alkyl halides is 2. The van der Waals surface area contributed by atoms with Crippen LogP contribution < -0.4 is 5.32 Å². The molecule has 0 aliphatic carbocycles. The molecule has 2 N–H and O–H groups in total. The summed E-state index contributed by atoms with van der Waals surface area (Å²) < 4.78 is 25.8. The molecule has 0 spiro atoms. The van der Waals surface area contributed by atoms with Crippen molar-refractivity contribution in [3.8, 4) is 0 Å². The maximum absolute atomic E-state index is 12.7. The molecule has 0 saturated heterocycles. The standard InChI is InChI=1S/C8H5Cl2F2NO3S/c9-4-1-3(6(10)17-4)13-5(14)2-8(11,12)7(15)16/h1H,2H2,(H,13,14)(H,15,16). The topological polar surface area (TPSA) is 66.4 Å². The number of nitrogens with one attached hydrogen (secondary N) is 1. The third kappa shape index (κ3) is 3.79. The average Bonchev–Trinajstić information content (AvgIpc) is 2.43. The van der Waals surface area contributed by atoms with Crippen LogP contribution in [0.25, 0.3) is 0 Å². The van der Waals surface area contributed by atoms with Gasteiger partial charge in [0.15, 0.2) is 0 Å². The van der Waals surface area contributed by atoms with Gasteiger partial charge in [-0.05, 0) is 6.07 Å². The molecular weight excluding hydrogens is 299 g/mol. The molecular formula is C8H5Cl2F2NO3S. The van der Waals surface area contributed by atoms with Gasteiger partial charge in [-0.3, -0.25) is 4.79 Å². The Labute approximate surface area is 108 Å². The zero-order valence-electron chi connectivity index (χ0n) is 7.97. The van der Waals surface area contributed by atoms with Crippen LogP contribution in [0.1, 0.15) is 6.42 Å². The van der Waals surface area contributed by atoms with Gasteiger partial charge in [-0.1, -0.05) is 23.2 Å². The molecule has 9 heteroatoms. The van der Waals surface area contributed by atoms with E-state index >= 15 is 0 Å². The number of hydrogen-bond acceptors (Lipinski definition) is 3. The number of halogens is 4. The number of hydrogen-bond donors (Lipinski definition) is 2. The van der Waals surface area contributed by atoms with Crippen LogP contribution in [-0.4, -0.2) is 22.9 Å². The van der Waals surface area contributed by atoms with Crippen molar-refractivity contribution in [3.63, 3.8) is 0 Å². The molecule has 0 atom stereocenters. The van der Waals surface area contributed by atoms with Crippen molar-refractivity contribution in [2.24, 2.45) is 0 Å². The Kier molecular flexibility index (Phi) is 4.29. The van der Waals surface area contributed by atoms with E-state index in [0.29, 0.717) is 0 Å². The van der Waals surface area contributed by atoms with Gasteiger partial charge in [-0.2, -0.15) is 8.78 Å². The van der Waals surface area contributed by atoms with Gasteiger partial charge in [-0.15, -0.1) is 11.3 Å². The second kappa shape index (κ2) is 5.16. The normalized spacial score (nSPS) is 11.3. The lowest BCUT2D eigenvalue weighted by Crippen LogP contribution is -2.33. The van der Waals surface area contributed by atoms with Gasteiger partial charge in [0, 0.05) is 0 Å². The highest BCUT2D eigenvalue weighted by molar-refractivity contribution is 7.20. The van der Waals surface area contributed by atoms with Crippen LogP contribution in [0.2, 0.25) is 8.67 Å². The SMILES string of the molecule is O=C(CC(F)(F)C(=O)O)Nc1cc(Cl)sc1Cl. The Morgan fingerprint density at radius 2 is 2.06 bits per heavy atom. The Balaban J connectivity index is 2.68. The van der Waals surface area contributed by atoms with Crippen molar-refractivity contribution >= 4 is 52.1 Å². The molecule has 17 heavy (non-hydrogen) atoms. The maximum Gasteiger partial charge on any atom is 0.375 e. The number of thiophene rings is 1. The van der Waals surface area contributed by atoms with Gasteiger partial charge in [0.05, 0.1) is 10.0 Å². The third-order valence-corrected chi connectivity index (χ3v) is 3.11. The number of rotatable bonds is 4. The van der Waals surface area contributed by atoms with Gasteiger partial charge >= 0.3 is 11.9 Å². The van der Waals surface area contributed by atoms with E-state index in [1.165, 1.54) is 6.07 Å². The van der Waals surface area contributed by atoms with Crippen LogP contribution in [0.15, 0.2) is 6.07 Å². The van der Waals surface area contributed by atoms with E-state index in [1.54, 1.807) is 0 Å². The van der Waals surface area contributed by atoms with E-state index in [1.807, 2.05) is 0 Å². The molecule has 0 fully saturated rings. The molecule has 0 aromatic carbocycles. The lowest BCUT2D eigenvalue weighted by atomic mass is 10.2. The summed E-state index contributed by atoms with van der Waals surface area (Å²) >= 11 is 12.2. The highest BCUT2D eigenvalue weighted by Crippen LogP contribution is 2.35. The van der Waals surface area contributed by atoms with Crippen LogP contribution in [0.5, 0.6) is 0 Å². The predicted octanol–water partition coefficient (Wildman–Crippen LogP) is 3.10. The predicted molar refractivity (Wildman–Crippen MR) is 60.2 cm³/mol. The second-order valence-corrected chi connectivity index (χ2v) is 5.26. The number of aliphatic carboxylic acids is 1. The maximum atomic E-state index is 12.7. The lowest BCUT2D eigenvalue weighted by Gasteiger charge is -2.10. The fourth-order valence-electron chi connectivity index (χ4n) is 0.897. The number of amides is 1. The minimum Gasteiger partial charge on any atom is -0.477 e. The molecule has 94 valence electrons. The lowest BCUT2D eigenvalue weighted by molar-refractivity contribution is -0.167. The van der Waals surface area contributed by atoms with Gasteiger partial charge in [0.2, 0.25) is 5.91 Å². The number of anilines is 1. The number of carboxylic acids is 1. The highest BCUT2D eigenvalue weighted by atomic mass is 35.5. The fourth-order valence-corrected chi connectivity index (χ4v) is 2.28. The molecule has 1 rings (SSSR count). The summed E-state index contributed by atoms with van der Waals surface area (Å²) in [6.45, 7) is 0. The summed E-state index contributed by atoms with van der Waals surface area (Å²) in [6, 6.07) is 1.28. The van der Waals surface area contributed by atoms with Crippen molar-refractivity contribution in [1.82, 2.24) is 0 Å². The average molecular weight is 304 g/mol. The van der Waals surface area contributed by atoms with E-state index in [9.17, 15) is 18.4 Å². The van der Waals surface area contributed by atoms with Crippen LogP contribution in [0.4, 0.5) is 14.5 Å². The molecule has 1 aromatic rings. The number of carbonyl (C=O) groups is 2. The Morgan fingerprint density at radius 3 is 2.47 bits per heavy atom. The molecule has 1 aromatic heterocycles. The van der Waals surface area contributed by atoms with Crippen molar-refractivity contribution in [2.75, 3.05) is 5.32 Å². The summed E-state index contributed by atoms with van der Waals surface area (Å²) in [5, 5.41) is 10.2. The minimum atomic E-state index is -4.11. The zero-order valence-corrected chi connectivity index (χ0v) is 10.3. The van der Waals surface area contributed by atoms with Gasteiger partial charge < -0.3 is 10.4 Å². The van der Waals surface area contributed by atoms with Crippen molar-refractivity contribution < 1.29 is 23.5 Å². The Bertz CT molecular complexity index is 464. The first-order valence-electron chi connectivity index (χ1n) is 4.08. The summed E-state index contributed by atoms with van der Waals surface area (Å²) in [5.74, 6) is -7.63. The van der Waals surface area contributed by atoms with E-state index in [4.69, 9.17) is 28.3 Å². The molecule has 1 heterocycles. The first-order valence-corrected chi connectivity index (χ1v) is 5.65. The van der Waals surface area contributed by atoms with E-state index in [2.05, 4.69) is 5.32 Å². The van der Waals surface area contributed by atoms with Crippen molar-refractivity contribution in [3.05, 3.63) is 14.7 Å². The molecule has 0 bridgehead atoms. The summed E-state index contributed by atoms with van der Waals surface area (Å²) in [7, 11) is 0. The fraction of sp³-hybridized carbons (Fsp3) is 0.250. The minimum absolute atomic E-state index is 0.0767. The third-order valence-electron chi connectivity index (χ3n) is 1.63. The molecule has 0 aliphatic rings. The summed E-state index contributed by atoms with van der Waals surface area (Å²) in [5.41, 5.74) is 0.0767.